The number of amides is 1. The number of nitrogens with one attached hydrogen (secondary N) is 2. The highest BCUT2D eigenvalue weighted by atomic mass is 35.5. The molecule has 0 saturated heterocycles. The lowest BCUT2D eigenvalue weighted by Gasteiger charge is -2.22. The van der Waals surface area contributed by atoms with Gasteiger partial charge in [0.25, 0.3) is 5.91 Å². The topological polar surface area (TPSA) is 58.2 Å². The average molecular weight is 461 g/mol. The summed E-state index contributed by atoms with van der Waals surface area (Å²) in [4.78, 5) is 25.5. The molecule has 2 N–H and O–H groups in total. The average Bonchev–Trinajstić information content (AvgIpc) is 2.84. The number of para-hydroxylation sites is 1. The SMILES string of the molecule is O=C(NC1CCCCC1)c1ccc(CCC(=O)c2ccc(Cl)cc2Nc2ccccc2)cc1. The molecule has 5 heteroatoms. The molecule has 0 aromatic heterocycles. The molecule has 3 aromatic rings. The summed E-state index contributed by atoms with van der Waals surface area (Å²) in [6, 6.07) is 22.9. The van der Waals surface area contributed by atoms with Crippen LogP contribution in [0.15, 0.2) is 72.8 Å². The monoisotopic (exact) mass is 460 g/mol. The normalized spacial score (nSPS) is 14.0. The molecule has 0 heterocycles. The second-order valence-corrected chi connectivity index (χ2v) is 9.05. The summed E-state index contributed by atoms with van der Waals surface area (Å²) in [5.41, 5.74) is 3.92. The number of carbonyl (C=O) groups is 2. The number of rotatable bonds is 8. The Hall–Kier alpha value is -3.11. The van der Waals surface area contributed by atoms with Crippen LogP contribution < -0.4 is 10.6 Å². The van der Waals surface area contributed by atoms with Gasteiger partial charge in [0.05, 0.1) is 5.69 Å². The maximum atomic E-state index is 13.0. The first-order valence-corrected chi connectivity index (χ1v) is 12.0. The van der Waals surface area contributed by atoms with E-state index in [0.717, 1.165) is 24.1 Å². The number of ketones is 1. The Balaban J connectivity index is 1.36. The third kappa shape index (κ3) is 6.45. The predicted octanol–water partition coefficient (Wildman–Crippen LogP) is 6.96. The molecule has 4 nitrogen and oxygen atoms in total. The van der Waals surface area contributed by atoms with Crippen LogP contribution >= 0.6 is 11.6 Å². The molecule has 1 saturated carbocycles. The van der Waals surface area contributed by atoms with Crippen LogP contribution in [0.2, 0.25) is 5.02 Å². The fourth-order valence-electron chi connectivity index (χ4n) is 4.27. The molecule has 0 radical (unpaired) electrons. The number of aryl methyl sites for hydroxylation is 1. The molecule has 1 aliphatic rings. The summed E-state index contributed by atoms with van der Waals surface area (Å²) in [6.45, 7) is 0. The molecule has 1 aliphatic carbocycles. The van der Waals surface area contributed by atoms with Gasteiger partial charge in [0.2, 0.25) is 0 Å². The molecule has 1 amide bonds. The van der Waals surface area contributed by atoms with Gasteiger partial charge in [0.1, 0.15) is 0 Å². The van der Waals surface area contributed by atoms with E-state index in [1.807, 2.05) is 54.6 Å². The summed E-state index contributed by atoms with van der Waals surface area (Å²) >= 11 is 6.18. The Kier molecular flexibility index (Phi) is 7.79. The number of halogens is 1. The van der Waals surface area contributed by atoms with Crippen LogP contribution in [0, 0.1) is 0 Å². The molecule has 0 spiro atoms. The van der Waals surface area contributed by atoms with Crippen LogP contribution in [0.1, 0.15) is 64.8 Å². The fourth-order valence-corrected chi connectivity index (χ4v) is 4.44. The first kappa shape index (κ1) is 23.1. The van der Waals surface area contributed by atoms with Gasteiger partial charge in [0.15, 0.2) is 5.78 Å². The Labute approximate surface area is 200 Å². The number of hydrogen-bond acceptors (Lipinski definition) is 3. The first-order valence-electron chi connectivity index (χ1n) is 11.6. The van der Waals surface area contributed by atoms with Gasteiger partial charge in [0, 0.05) is 34.3 Å². The van der Waals surface area contributed by atoms with E-state index in [1.165, 1.54) is 19.3 Å². The van der Waals surface area contributed by atoms with E-state index >= 15 is 0 Å². The maximum Gasteiger partial charge on any atom is 0.251 e. The second kappa shape index (κ2) is 11.2. The van der Waals surface area contributed by atoms with Crippen molar-refractivity contribution in [3.05, 3.63) is 94.5 Å². The van der Waals surface area contributed by atoms with Crippen LogP contribution in [0.25, 0.3) is 0 Å². The zero-order valence-corrected chi connectivity index (χ0v) is 19.4. The minimum atomic E-state index is -0.0117. The fraction of sp³-hybridized carbons (Fsp3) is 0.286. The molecule has 0 aliphatic heterocycles. The predicted molar refractivity (Wildman–Crippen MR) is 135 cm³/mol. The third-order valence-corrected chi connectivity index (χ3v) is 6.37. The van der Waals surface area contributed by atoms with E-state index in [1.54, 1.807) is 18.2 Å². The number of anilines is 2. The van der Waals surface area contributed by atoms with Gasteiger partial charge < -0.3 is 10.6 Å². The van der Waals surface area contributed by atoms with Crippen LogP contribution in [-0.4, -0.2) is 17.7 Å². The van der Waals surface area contributed by atoms with E-state index in [-0.39, 0.29) is 11.7 Å². The van der Waals surface area contributed by atoms with Crippen molar-refractivity contribution in [1.29, 1.82) is 0 Å². The Morgan fingerprint density at radius 1 is 0.879 bits per heavy atom. The number of carbonyl (C=O) groups excluding carboxylic acids is 2. The maximum absolute atomic E-state index is 13.0. The van der Waals surface area contributed by atoms with E-state index in [2.05, 4.69) is 10.6 Å². The van der Waals surface area contributed by atoms with E-state index in [9.17, 15) is 9.59 Å². The molecule has 0 bridgehead atoms. The Morgan fingerprint density at radius 2 is 1.61 bits per heavy atom. The van der Waals surface area contributed by atoms with E-state index < -0.39 is 0 Å². The molecule has 0 unspecified atom stereocenters. The van der Waals surface area contributed by atoms with Gasteiger partial charge in [-0.2, -0.15) is 0 Å². The molecule has 3 aromatic carbocycles. The summed E-state index contributed by atoms with van der Waals surface area (Å²) in [7, 11) is 0. The van der Waals surface area contributed by atoms with Gasteiger partial charge in [-0.3, -0.25) is 9.59 Å². The molecule has 170 valence electrons. The zero-order chi connectivity index (χ0) is 23.0. The van der Waals surface area contributed by atoms with E-state index in [4.69, 9.17) is 11.6 Å². The second-order valence-electron chi connectivity index (χ2n) is 8.61. The molecule has 0 atom stereocenters. The Bertz CT molecular complexity index is 1090. The van der Waals surface area contributed by atoms with Crippen molar-refractivity contribution in [3.63, 3.8) is 0 Å². The quantitative estimate of drug-likeness (QED) is 0.357. The molecule has 1 fully saturated rings. The summed E-state index contributed by atoms with van der Waals surface area (Å²) in [6.07, 6.45) is 6.76. The van der Waals surface area contributed by atoms with Crippen molar-refractivity contribution in [2.45, 2.75) is 51.0 Å². The highest BCUT2D eigenvalue weighted by molar-refractivity contribution is 6.31. The van der Waals surface area contributed by atoms with Crippen LogP contribution in [0.4, 0.5) is 11.4 Å². The van der Waals surface area contributed by atoms with Gasteiger partial charge >= 0.3 is 0 Å². The lowest BCUT2D eigenvalue weighted by molar-refractivity contribution is 0.0926. The van der Waals surface area contributed by atoms with Gasteiger partial charge in [-0.1, -0.05) is 61.2 Å². The van der Waals surface area contributed by atoms with Crippen LogP contribution in [0.3, 0.4) is 0 Å². The summed E-state index contributed by atoms with van der Waals surface area (Å²) < 4.78 is 0. The lowest BCUT2D eigenvalue weighted by atomic mass is 9.95. The highest BCUT2D eigenvalue weighted by Gasteiger charge is 2.17. The van der Waals surface area contributed by atoms with Gasteiger partial charge in [-0.25, -0.2) is 0 Å². The van der Waals surface area contributed by atoms with Crippen LogP contribution in [-0.2, 0) is 6.42 Å². The number of Topliss-reactive ketones (excluding diaryl/α,β-unsaturated/α-hetero) is 1. The minimum absolute atomic E-state index is 0.0117. The smallest absolute Gasteiger partial charge is 0.251 e. The third-order valence-electron chi connectivity index (χ3n) is 6.13. The largest absolute Gasteiger partial charge is 0.355 e. The zero-order valence-electron chi connectivity index (χ0n) is 18.6. The van der Waals surface area contributed by atoms with Crippen molar-refractivity contribution < 1.29 is 9.59 Å². The van der Waals surface area contributed by atoms with Gasteiger partial charge in [-0.05, 0) is 67.3 Å². The van der Waals surface area contributed by atoms with Gasteiger partial charge in [-0.15, -0.1) is 0 Å². The minimum Gasteiger partial charge on any atom is -0.355 e. The van der Waals surface area contributed by atoms with Crippen molar-refractivity contribution in [3.8, 4) is 0 Å². The molecular formula is C28H29ClN2O2. The summed E-state index contributed by atoms with van der Waals surface area (Å²) in [5, 5.41) is 7.02. The number of benzene rings is 3. The first-order chi connectivity index (χ1) is 16.1. The van der Waals surface area contributed by atoms with E-state index in [0.29, 0.717) is 40.7 Å². The van der Waals surface area contributed by atoms with Crippen molar-refractivity contribution in [2.24, 2.45) is 0 Å². The van der Waals surface area contributed by atoms with Crippen molar-refractivity contribution in [1.82, 2.24) is 5.32 Å². The van der Waals surface area contributed by atoms with Crippen molar-refractivity contribution >= 4 is 34.7 Å². The number of hydrogen-bond donors (Lipinski definition) is 2. The standard InChI is InChI=1S/C28H29ClN2O2/c29-22-16-17-25(26(19-22)30-23-7-3-1-4-8-23)27(32)18-13-20-11-14-21(15-12-20)28(33)31-24-9-5-2-6-10-24/h1,3-4,7-8,11-12,14-17,19,24,30H,2,5-6,9-10,13,18H2,(H,31,33). The highest BCUT2D eigenvalue weighted by Crippen LogP contribution is 2.26. The van der Waals surface area contributed by atoms with Crippen molar-refractivity contribution in [2.75, 3.05) is 5.32 Å². The Morgan fingerprint density at radius 3 is 2.33 bits per heavy atom. The van der Waals surface area contributed by atoms with Crippen LogP contribution in [0.5, 0.6) is 0 Å². The molecular weight excluding hydrogens is 432 g/mol. The molecule has 4 rings (SSSR count). The molecule has 33 heavy (non-hydrogen) atoms. The lowest BCUT2D eigenvalue weighted by Crippen LogP contribution is -2.36. The summed E-state index contributed by atoms with van der Waals surface area (Å²) in [5.74, 6) is 0.0338.